The van der Waals surface area contributed by atoms with Crippen molar-refractivity contribution in [3.05, 3.63) is 53.0 Å². The molecule has 0 saturated heterocycles. The first kappa shape index (κ1) is 15.0. The molecule has 0 saturated carbocycles. The molecule has 3 aromatic rings. The number of fused-ring (bicyclic) bond motifs is 1. The Hall–Kier alpha value is -1.92. The Morgan fingerprint density at radius 2 is 1.91 bits per heavy atom. The van der Waals surface area contributed by atoms with Crippen LogP contribution in [-0.4, -0.2) is 40.1 Å². The average molecular weight is 361 g/mol. The second-order valence-electron chi connectivity index (χ2n) is 5.10. The summed E-state index contributed by atoms with van der Waals surface area (Å²) >= 11 is 3.41. The molecule has 0 N–H and O–H groups in total. The molecule has 114 valence electrons. The van der Waals surface area contributed by atoms with Gasteiger partial charge in [0.2, 0.25) is 0 Å². The minimum atomic E-state index is 0.630. The third kappa shape index (κ3) is 3.64. The van der Waals surface area contributed by atoms with E-state index in [-0.39, 0.29) is 0 Å². The molecule has 3 rings (SSSR count). The highest BCUT2D eigenvalue weighted by molar-refractivity contribution is 9.10. The highest BCUT2D eigenvalue weighted by Crippen LogP contribution is 2.16. The van der Waals surface area contributed by atoms with Gasteiger partial charge in [-0.05, 0) is 43.4 Å². The second kappa shape index (κ2) is 6.89. The first-order valence-corrected chi connectivity index (χ1v) is 7.87. The van der Waals surface area contributed by atoms with E-state index in [4.69, 9.17) is 4.74 Å². The lowest BCUT2D eigenvalue weighted by Gasteiger charge is -2.17. The normalized spacial score (nSPS) is 11.2. The van der Waals surface area contributed by atoms with Crippen molar-refractivity contribution in [2.24, 2.45) is 0 Å². The zero-order valence-electron chi connectivity index (χ0n) is 12.3. The lowest BCUT2D eigenvalue weighted by Crippen LogP contribution is -2.27. The zero-order chi connectivity index (χ0) is 15.4. The molecule has 0 aliphatic rings. The van der Waals surface area contributed by atoms with E-state index in [9.17, 15) is 0 Å². The fraction of sp³-hybridized carbons (Fsp3) is 0.250. The van der Waals surface area contributed by atoms with Gasteiger partial charge in [-0.1, -0.05) is 33.3 Å². The van der Waals surface area contributed by atoms with Crippen LogP contribution in [-0.2, 0) is 6.67 Å². The van der Waals surface area contributed by atoms with Crippen molar-refractivity contribution in [1.82, 2.24) is 19.9 Å². The first-order valence-electron chi connectivity index (χ1n) is 7.07. The Kier molecular flexibility index (Phi) is 4.70. The first-order chi connectivity index (χ1) is 10.7. The lowest BCUT2D eigenvalue weighted by atomic mass is 10.3. The number of para-hydroxylation sites is 1. The zero-order valence-corrected chi connectivity index (χ0v) is 13.9. The fourth-order valence-corrected chi connectivity index (χ4v) is 2.44. The predicted octanol–water partition coefficient (Wildman–Crippen LogP) is 3.16. The summed E-state index contributed by atoms with van der Waals surface area (Å²) in [6, 6.07) is 15.8. The summed E-state index contributed by atoms with van der Waals surface area (Å²) in [5, 5.41) is 8.35. The van der Waals surface area contributed by atoms with Gasteiger partial charge in [-0.15, -0.1) is 5.10 Å². The van der Waals surface area contributed by atoms with E-state index < -0.39 is 0 Å². The quantitative estimate of drug-likeness (QED) is 0.677. The number of aromatic nitrogens is 3. The number of hydrogen-bond donors (Lipinski definition) is 0. The van der Waals surface area contributed by atoms with E-state index in [0.29, 0.717) is 13.3 Å². The Labute approximate surface area is 137 Å². The molecular weight excluding hydrogens is 344 g/mol. The Morgan fingerprint density at radius 1 is 1.14 bits per heavy atom. The van der Waals surface area contributed by atoms with E-state index in [1.54, 1.807) is 0 Å². The van der Waals surface area contributed by atoms with Crippen molar-refractivity contribution in [2.75, 3.05) is 20.2 Å². The van der Waals surface area contributed by atoms with Crippen molar-refractivity contribution < 1.29 is 4.74 Å². The van der Waals surface area contributed by atoms with Crippen LogP contribution in [0, 0.1) is 0 Å². The smallest absolute Gasteiger partial charge is 0.119 e. The van der Waals surface area contributed by atoms with Crippen molar-refractivity contribution in [2.45, 2.75) is 6.67 Å². The predicted molar refractivity (Wildman–Crippen MR) is 89.8 cm³/mol. The van der Waals surface area contributed by atoms with Crippen LogP contribution < -0.4 is 4.74 Å². The van der Waals surface area contributed by atoms with Gasteiger partial charge >= 0.3 is 0 Å². The highest BCUT2D eigenvalue weighted by Gasteiger charge is 2.06. The van der Waals surface area contributed by atoms with Crippen LogP contribution in [0.1, 0.15) is 0 Å². The standard InChI is InChI=1S/C16H17BrN4O/c1-20(10-11-22-14-8-6-13(17)7-9-14)12-21-16-5-3-2-4-15(16)18-19-21/h2-9H,10-12H2,1H3. The fourth-order valence-electron chi connectivity index (χ4n) is 2.17. The van der Waals surface area contributed by atoms with Crippen LogP contribution in [0.2, 0.25) is 0 Å². The minimum absolute atomic E-state index is 0.630. The van der Waals surface area contributed by atoms with Crippen LogP contribution in [0.5, 0.6) is 5.75 Å². The summed E-state index contributed by atoms with van der Waals surface area (Å²) < 4.78 is 8.68. The van der Waals surface area contributed by atoms with Gasteiger partial charge in [0.05, 0.1) is 12.2 Å². The molecule has 0 spiro atoms. The molecule has 5 nitrogen and oxygen atoms in total. The number of halogens is 1. The van der Waals surface area contributed by atoms with E-state index in [1.165, 1.54) is 0 Å². The van der Waals surface area contributed by atoms with E-state index in [2.05, 4.69) is 31.1 Å². The van der Waals surface area contributed by atoms with Gasteiger partial charge in [-0.25, -0.2) is 4.68 Å². The highest BCUT2D eigenvalue weighted by atomic mass is 79.9. The summed E-state index contributed by atoms with van der Waals surface area (Å²) in [4.78, 5) is 2.15. The number of hydrogen-bond acceptors (Lipinski definition) is 4. The molecule has 0 radical (unpaired) electrons. The van der Waals surface area contributed by atoms with E-state index in [0.717, 1.165) is 27.8 Å². The van der Waals surface area contributed by atoms with Gasteiger partial charge in [0, 0.05) is 11.0 Å². The largest absolute Gasteiger partial charge is 0.492 e. The van der Waals surface area contributed by atoms with Crippen LogP contribution in [0.25, 0.3) is 11.0 Å². The van der Waals surface area contributed by atoms with E-state index in [1.807, 2.05) is 60.3 Å². The molecular formula is C16H17BrN4O. The number of rotatable bonds is 6. The molecule has 6 heteroatoms. The number of likely N-dealkylation sites (N-methyl/N-ethyl adjacent to an activating group) is 1. The lowest BCUT2D eigenvalue weighted by molar-refractivity contribution is 0.200. The van der Waals surface area contributed by atoms with Gasteiger partial charge < -0.3 is 4.74 Å². The third-order valence-electron chi connectivity index (χ3n) is 3.35. The molecule has 22 heavy (non-hydrogen) atoms. The molecule has 0 bridgehead atoms. The SMILES string of the molecule is CN(CCOc1ccc(Br)cc1)Cn1nnc2ccccc21. The van der Waals surface area contributed by atoms with Crippen molar-refractivity contribution >= 4 is 27.0 Å². The topological polar surface area (TPSA) is 43.2 Å². The number of benzene rings is 2. The maximum absolute atomic E-state index is 5.73. The molecule has 0 unspecified atom stereocenters. The summed E-state index contributed by atoms with van der Waals surface area (Å²) in [5.41, 5.74) is 1.96. The molecule has 0 atom stereocenters. The molecule has 1 heterocycles. The number of nitrogens with zero attached hydrogens (tertiary/aromatic N) is 4. The van der Waals surface area contributed by atoms with Crippen LogP contribution in [0.15, 0.2) is 53.0 Å². The second-order valence-corrected chi connectivity index (χ2v) is 6.02. The van der Waals surface area contributed by atoms with Gasteiger partial charge in [0.15, 0.2) is 0 Å². The molecule has 0 fully saturated rings. The van der Waals surface area contributed by atoms with E-state index >= 15 is 0 Å². The van der Waals surface area contributed by atoms with Crippen molar-refractivity contribution in [3.63, 3.8) is 0 Å². The van der Waals surface area contributed by atoms with Crippen LogP contribution >= 0.6 is 15.9 Å². The van der Waals surface area contributed by atoms with Gasteiger partial charge in [0.1, 0.15) is 17.9 Å². The van der Waals surface area contributed by atoms with Crippen molar-refractivity contribution in [3.8, 4) is 5.75 Å². The Morgan fingerprint density at radius 3 is 2.73 bits per heavy atom. The molecule has 0 amide bonds. The van der Waals surface area contributed by atoms with Gasteiger partial charge in [-0.3, -0.25) is 4.90 Å². The molecule has 2 aromatic carbocycles. The monoisotopic (exact) mass is 360 g/mol. The molecule has 0 aliphatic heterocycles. The van der Waals surface area contributed by atoms with Gasteiger partial charge in [0.25, 0.3) is 0 Å². The average Bonchev–Trinajstić information content (AvgIpc) is 2.93. The van der Waals surface area contributed by atoms with Crippen LogP contribution in [0.4, 0.5) is 0 Å². The third-order valence-corrected chi connectivity index (χ3v) is 3.88. The minimum Gasteiger partial charge on any atom is -0.492 e. The summed E-state index contributed by atoms with van der Waals surface area (Å²) in [6.45, 7) is 2.12. The number of ether oxygens (including phenoxy) is 1. The Bertz CT molecular complexity index is 741. The van der Waals surface area contributed by atoms with Crippen molar-refractivity contribution in [1.29, 1.82) is 0 Å². The summed E-state index contributed by atoms with van der Waals surface area (Å²) in [5.74, 6) is 0.878. The van der Waals surface area contributed by atoms with Gasteiger partial charge in [-0.2, -0.15) is 0 Å². The maximum atomic E-state index is 5.73. The van der Waals surface area contributed by atoms with Crippen LogP contribution in [0.3, 0.4) is 0 Å². The summed E-state index contributed by atoms with van der Waals surface area (Å²) in [6.07, 6.45) is 0. The summed E-state index contributed by atoms with van der Waals surface area (Å²) in [7, 11) is 2.04. The molecule has 1 aromatic heterocycles. The maximum Gasteiger partial charge on any atom is 0.119 e. The Balaban J connectivity index is 1.52. The molecule has 0 aliphatic carbocycles.